The van der Waals surface area contributed by atoms with Gasteiger partial charge in [-0.15, -0.1) is 0 Å². The third kappa shape index (κ3) is 6.57. The number of piperidine rings is 1. The van der Waals surface area contributed by atoms with Crippen LogP contribution in [0.25, 0.3) is 0 Å². The maximum Gasteiger partial charge on any atom is 0.255 e. The zero-order chi connectivity index (χ0) is 22.1. The van der Waals surface area contributed by atoms with Crippen molar-refractivity contribution in [1.29, 1.82) is 5.26 Å². The van der Waals surface area contributed by atoms with Crippen LogP contribution in [-0.4, -0.2) is 75.0 Å². The van der Waals surface area contributed by atoms with Crippen molar-refractivity contribution in [2.75, 3.05) is 53.0 Å². The van der Waals surface area contributed by atoms with Gasteiger partial charge in [0.2, 0.25) is 0 Å². The summed E-state index contributed by atoms with van der Waals surface area (Å²) in [5.74, 6) is 0.717. The maximum atomic E-state index is 13.0. The first-order valence-electron chi connectivity index (χ1n) is 11.2. The number of nitriles is 1. The zero-order valence-corrected chi connectivity index (χ0v) is 18.4. The Morgan fingerprint density at radius 3 is 2.94 bits per heavy atom. The molecule has 170 valence electrons. The van der Waals surface area contributed by atoms with E-state index in [0.29, 0.717) is 43.4 Å². The summed E-state index contributed by atoms with van der Waals surface area (Å²) in [5.41, 5.74) is 1.12. The smallest absolute Gasteiger partial charge is 0.255 e. The molecule has 2 atom stereocenters. The molecule has 1 fully saturated rings. The van der Waals surface area contributed by atoms with E-state index in [1.54, 1.807) is 12.1 Å². The number of unbranched alkanes of at least 4 members (excludes halogenated alkanes) is 1. The van der Waals surface area contributed by atoms with Gasteiger partial charge in [-0.05, 0) is 63.6 Å². The van der Waals surface area contributed by atoms with Crippen molar-refractivity contribution < 1.29 is 19.4 Å². The standard InChI is InChI=1S/C23H34N4O4/c1-25-8-2-3-9-27-10-6-18(20(28)16-27)15-26-23(29)19-13-17(5-7-24)14-21-22(19)31-12-4-11-30-21/h13-14,18,20,25,28H,2-6,8-12,15-16H2,1H3,(H,26,29)/t18-,20?/m0/s1. The lowest BCUT2D eigenvalue weighted by atomic mass is 9.93. The summed E-state index contributed by atoms with van der Waals surface area (Å²) in [4.78, 5) is 15.3. The molecule has 1 aromatic rings. The van der Waals surface area contributed by atoms with Crippen molar-refractivity contribution in [3.05, 3.63) is 23.3 Å². The van der Waals surface area contributed by atoms with Gasteiger partial charge in [-0.2, -0.15) is 5.26 Å². The molecule has 1 unspecified atom stereocenters. The van der Waals surface area contributed by atoms with Crippen LogP contribution >= 0.6 is 0 Å². The number of hydrogen-bond donors (Lipinski definition) is 3. The number of nitrogens with one attached hydrogen (secondary N) is 2. The Hall–Kier alpha value is -2.34. The van der Waals surface area contributed by atoms with Gasteiger partial charge in [0.05, 0.1) is 37.4 Å². The fraction of sp³-hybridized carbons (Fsp3) is 0.652. The first-order valence-corrected chi connectivity index (χ1v) is 11.2. The molecule has 1 aromatic carbocycles. The minimum absolute atomic E-state index is 0.0237. The quantitative estimate of drug-likeness (QED) is 0.507. The summed E-state index contributed by atoms with van der Waals surface area (Å²) >= 11 is 0. The number of benzene rings is 1. The molecule has 3 N–H and O–H groups in total. The van der Waals surface area contributed by atoms with E-state index in [1.807, 2.05) is 7.05 Å². The summed E-state index contributed by atoms with van der Waals surface area (Å²) in [7, 11) is 1.96. The summed E-state index contributed by atoms with van der Waals surface area (Å²) < 4.78 is 11.5. The van der Waals surface area contributed by atoms with Gasteiger partial charge in [-0.3, -0.25) is 4.79 Å². The van der Waals surface area contributed by atoms with E-state index in [0.717, 1.165) is 50.9 Å². The highest BCUT2D eigenvalue weighted by molar-refractivity contribution is 5.98. The van der Waals surface area contributed by atoms with Gasteiger partial charge in [0.1, 0.15) is 0 Å². The molecule has 0 aromatic heterocycles. The molecule has 0 aliphatic carbocycles. The molecule has 1 amide bonds. The Morgan fingerprint density at radius 1 is 1.32 bits per heavy atom. The number of aliphatic hydroxyl groups excluding tert-OH is 1. The SMILES string of the molecule is CNCCCCN1CC[C@@H](CNC(=O)c2cc(CC#N)cc3c2OCCCO3)C(O)C1. The van der Waals surface area contributed by atoms with Crippen molar-refractivity contribution in [3.8, 4) is 17.6 Å². The summed E-state index contributed by atoms with van der Waals surface area (Å²) in [6.07, 6.45) is 3.57. The number of β-amino-alcohol motifs (C(OH)–C–C–N with tert-alkyl or cyclic N) is 1. The molecule has 8 nitrogen and oxygen atoms in total. The van der Waals surface area contributed by atoms with E-state index >= 15 is 0 Å². The van der Waals surface area contributed by atoms with Crippen LogP contribution in [0.1, 0.15) is 41.6 Å². The van der Waals surface area contributed by atoms with Crippen molar-refractivity contribution >= 4 is 5.91 Å². The molecule has 2 heterocycles. The first kappa shape index (κ1) is 23.3. The van der Waals surface area contributed by atoms with Gasteiger partial charge in [0.15, 0.2) is 11.5 Å². The lowest BCUT2D eigenvalue weighted by Crippen LogP contribution is -2.47. The number of aliphatic hydroxyl groups is 1. The normalized spacial score (nSPS) is 21.2. The van der Waals surface area contributed by atoms with Gasteiger partial charge in [-0.1, -0.05) is 0 Å². The predicted molar refractivity (Wildman–Crippen MR) is 117 cm³/mol. The molecule has 1 saturated heterocycles. The van der Waals surface area contributed by atoms with Crippen LogP contribution < -0.4 is 20.1 Å². The Kier molecular flexibility index (Phi) is 8.95. The molecule has 0 spiro atoms. The van der Waals surface area contributed by atoms with E-state index in [1.165, 1.54) is 0 Å². The van der Waals surface area contributed by atoms with Crippen molar-refractivity contribution in [1.82, 2.24) is 15.5 Å². The molecule has 8 heteroatoms. The number of ether oxygens (including phenoxy) is 2. The van der Waals surface area contributed by atoms with Gasteiger partial charge < -0.3 is 30.1 Å². The highest BCUT2D eigenvalue weighted by atomic mass is 16.5. The molecule has 2 aliphatic heterocycles. The predicted octanol–water partition coefficient (Wildman–Crippen LogP) is 1.33. The van der Waals surface area contributed by atoms with Crippen LogP contribution in [0.5, 0.6) is 11.5 Å². The third-order valence-corrected chi connectivity index (χ3v) is 5.92. The van der Waals surface area contributed by atoms with Crippen LogP contribution in [0.2, 0.25) is 0 Å². The summed E-state index contributed by atoms with van der Waals surface area (Å²) in [6, 6.07) is 5.60. The van der Waals surface area contributed by atoms with E-state index in [9.17, 15) is 9.90 Å². The number of hydrogen-bond acceptors (Lipinski definition) is 7. The Morgan fingerprint density at radius 2 is 2.16 bits per heavy atom. The van der Waals surface area contributed by atoms with Gasteiger partial charge in [0.25, 0.3) is 5.91 Å². The van der Waals surface area contributed by atoms with E-state index in [2.05, 4.69) is 21.6 Å². The number of amides is 1. The zero-order valence-electron chi connectivity index (χ0n) is 18.4. The summed E-state index contributed by atoms with van der Waals surface area (Å²) in [5, 5.41) is 25.8. The average molecular weight is 431 g/mol. The number of carbonyl (C=O) groups is 1. The Labute approximate surface area is 184 Å². The first-order chi connectivity index (χ1) is 15.1. The Bertz CT molecular complexity index is 780. The average Bonchev–Trinajstić information content (AvgIpc) is 3.01. The number of rotatable bonds is 9. The van der Waals surface area contributed by atoms with E-state index in [4.69, 9.17) is 14.7 Å². The molecular weight excluding hydrogens is 396 g/mol. The number of carbonyl (C=O) groups excluding carboxylic acids is 1. The fourth-order valence-electron chi connectivity index (χ4n) is 4.14. The molecule has 2 aliphatic rings. The van der Waals surface area contributed by atoms with Crippen molar-refractivity contribution in [2.24, 2.45) is 5.92 Å². The van der Waals surface area contributed by atoms with Crippen molar-refractivity contribution in [2.45, 2.75) is 38.2 Å². The van der Waals surface area contributed by atoms with Crippen LogP contribution in [0.4, 0.5) is 0 Å². The minimum atomic E-state index is -0.458. The molecule has 0 bridgehead atoms. The second kappa shape index (κ2) is 11.9. The number of likely N-dealkylation sites (tertiary alicyclic amines) is 1. The fourth-order valence-corrected chi connectivity index (χ4v) is 4.14. The second-order valence-electron chi connectivity index (χ2n) is 8.29. The highest BCUT2D eigenvalue weighted by Crippen LogP contribution is 2.35. The lowest BCUT2D eigenvalue weighted by molar-refractivity contribution is 0.0216. The van der Waals surface area contributed by atoms with Crippen LogP contribution in [0, 0.1) is 17.2 Å². The number of nitrogens with zero attached hydrogens (tertiary/aromatic N) is 2. The minimum Gasteiger partial charge on any atom is -0.490 e. The molecule has 0 saturated carbocycles. The molecule has 31 heavy (non-hydrogen) atoms. The second-order valence-corrected chi connectivity index (χ2v) is 8.29. The van der Waals surface area contributed by atoms with Gasteiger partial charge >= 0.3 is 0 Å². The van der Waals surface area contributed by atoms with Crippen LogP contribution in [-0.2, 0) is 6.42 Å². The third-order valence-electron chi connectivity index (χ3n) is 5.92. The molecule has 3 rings (SSSR count). The van der Waals surface area contributed by atoms with Gasteiger partial charge in [-0.25, -0.2) is 0 Å². The Balaban J connectivity index is 1.57. The monoisotopic (exact) mass is 430 g/mol. The van der Waals surface area contributed by atoms with E-state index < -0.39 is 6.10 Å². The topological polar surface area (TPSA) is 107 Å². The van der Waals surface area contributed by atoms with Crippen LogP contribution in [0.15, 0.2) is 12.1 Å². The maximum absolute atomic E-state index is 13.0. The lowest BCUT2D eigenvalue weighted by Gasteiger charge is -2.36. The molecular formula is C23H34N4O4. The number of fused-ring (bicyclic) bond motifs is 1. The van der Waals surface area contributed by atoms with Crippen molar-refractivity contribution in [3.63, 3.8) is 0 Å². The van der Waals surface area contributed by atoms with E-state index in [-0.39, 0.29) is 18.2 Å². The summed E-state index contributed by atoms with van der Waals surface area (Å²) in [6.45, 7) is 4.99. The molecule has 0 radical (unpaired) electrons. The largest absolute Gasteiger partial charge is 0.490 e. The van der Waals surface area contributed by atoms with Gasteiger partial charge in [0, 0.05) is 25.4 Å². The highest BCUT2D eigenvalue weighted by Gasteiger charge is 2.28. The van der Waals surface area contributed by atoms with Crippen LogP contribution in [0.3, 0.4) is 0 Å².